The molecule has 2 saturated heterocycles. The summed E-state index contributed by atoms with van der Waals surface area (Å²) in [7, 11) is -3.63. The van der Waals surface area contributed by atoms with Crippen LogP contribution in [-0.4, -0.2) is 62.2 Å². The summed E-state index contributed by atoms with van der Waals surface area (Å²) in [5.74, 6) is -1.18. The summed E-state index contributed by atoms with van der Waals surface area (Å²) in [5, 5.41) is 0.585. The summed E-state index contributed by atoms with van der Waals surface area (Å²) in [5.41, 5.74) is 2.31. The molecule has 2 aliphatic rings. The van der Waals surface area contributed by atoms with Gasteiger partial charge in [-0.2, -0.15) is 4.31 Å². The van der Waals surface area contributed by atoms with E-state index in [9.17, 15) is 18.0 Å². The average molecular weight is 476 g/mol. The Balaban J connectivity index is 1.41. The molecule has 0 saturated carbocycles. The predicted octanol–water partition coefficient (Wildman–Crippen LogP) is 2.84. The third-order valence-corrected chi connectivity index (χ3v) is 8.45. The first-order valence-corrected chi connectivity index (χ1v) is 12.4. The number of amides is 2. The zero-order valence-electron chi connectivity index (χ0n) is 18.1. The lowest BCUT2D eigenvalue weighted by Crippen LogP contribution is -2.52. The summed E-state index contributed by atoms with van der Waals surface area (Å²) in [4.78, 5) is 29.5. The Morgan fingerprint density at radius 1 is 0.969 bits per heavy atom. The highest BCUT2D eigenvalue weighted by atomic mass is 35.5. The van der Waals surface area contributed by atoms with Crippen LogP contribution in [0, 0.1) is 19.8 Å². The van der Waals surface area contributed by atoms with Gasteiger partial charge < -0.3 is 9.80 Å². The lowest BCUT2D eigenvalue weighted by atomic mass is 10.1. The Labute approximate surface area is 193 Å². The molecule has 0 spiro atoms. The summed E-state index contributed by atoms with van der Waals surface area (Å²) in [6, 6.07) is 12.3. The lowest BCUT2D eigenvalue weighted by molar-refractivity contribution is -0.140. The molecular formula is C23H26ClN3O4S. The first-order chi connectivity index (χ1) is 15.2. The first kappa shape index (κ1) is 22.8. The number of rotatable bonds is 4. The van der Waals surface area contributed by atoms with Crippen LogP contribution in [0.15, 0.2) is 47.4 Å². The number of hydrogen-bond donors (Lipinski definition) is 0. The van der Waals surface area contributed by atoms with Gasteiger partial charge >= 0.3 is 0 Å². The topological polar surface area (TPSA) is 78.0 Å². The molecule has 2 aromatic carbocycles. The molecule has 7 nitrogen and oxygen atoms in total. The van der Waals surface area contributed by atoms with E-state index in [0.717, 1.165) is 11.3 Å². The molecular weight excluding hydrogens is 450 g/mol. The second kappa shape index (κ2) is 8.84. The van der Waals surface area contributed by atoms with Gasteiger partial charge in [0, 0.05) is 43.4 Å². The molecule has 0 N–H and O–H groups in total. The summed E-state index contributed by atoms with van der Waals surface area (Å²) < 4.78 is 27.7. The number of piperazine rings is 1. The van der Waals surface area contributed by atoms with E-state index in [0.29, 0.717) is 28.4 Å². The second-order valence-corrected chi connectivity index (χ2v) is 10.6. The number of halogens is 1. The van der Waals surface area contributed by atoms with Crippen molar-refractivity contribution >= 4 is 39.1 Å². The fraction of sp³-hybridized carbons (Fsp3) is 0.391. The number of carbonyl (C=O) groups is 2. The van der Waals surface area contributed by atoms with Crippen LogP contribution in [0.3, 0.4) is 0 Å². The van der Waals surface area contributed by atoms with E-state index >= 15 is 0 Å². The number of nitrogens with zero attached hydrogens (tertiary/aromatic N) is 3. The van der Waals surface area contributed by atoms with Crippen molar-refractivity contribution in [3.8, 4) is 0 Å². The van der Waals surface area contributed by atoms with Crippen LogP contribution in [0.2, 0.25) is 5.02 Å². The number of benzene rings is 2. The third kappa shape index (κ3) is 4.27. The summed E-state index contributed by atoms with van der Waals surface area (Å²) in [6.07, 6.45) is 0.446. The Hall–Kier alpha value is -2.42. The van der Waals surface area contributed by atoms with Crippen molar-refractivity contribution in [2.75, 3.05) is 37.6 Å². The van der Waals surface area contributed by atoms with Gasteiger partial charge in [-0.15, -0.1) is 0 Å². The van der Waals surface area contributed by atoms with Crippen molar-refractivity contribution in [1.29, 1.82) is 0 Å². The Bertz CT molecular complexity index is 1140. The van der Waals surface area contributed by atoms with Gasteiger partial charge in [0.1, 0.15) is 5.92 Å². The average Bonchev–Trinajstić information content (AvgIpc) is 3.16. The van der Waals surface area contributed by atoms with Crippen LogP contribution in [-0.2, 0) is 19.6 Å². The minimum absolute atomic E-state index is 0.212. The van der Waals surface area contributed by atoms with Gasteiger partial charge in [-0.1, -0.05) is 23.7 Å². The van der Waals surface area contributed by atoms with Gasteiger partial charge in [0.2, 0.25) is 21.8 Å². The number of aryl methyl sites for hydroxylation is 2. The molecule has 0 bridgehead atoms. The van der Waals surface area contributed by atoms with Crippen molar-refractivity contribution in [3.63, 3.8) is 0 Å². The van der Waals surface area contributed by atoms with Gasteiger partial charge in [-0.3, -0.25) is 9.59 Å². The number of sulfonamides is 1. The van der Waals surface area contributed by atoms with E-state index in [1.54, 1.807) is 53.1 Å². The Kier molecular flexibility index (Phi) is 6.29. The van der Waals surface area contributed by atoms with Gasteiger partial charge in [0.05, 0.1) is 4.90 Å². The smallest absolute Gasteiger partial charge is 0.243 e. The molecule has 0 aromatic heterocycles. The van der Waals surface area contributed by atoms with Crippen molar-refractivity contribution < 1.29 is 18.0 Å². The second-order valence-electron chi connectivity index (χ2n) is 8.31. The highest BCUT2D eigenvalue weighted by Gasteiger charge is 2.41. The molecule has 0 radical (unpaired) electrons. The molecule has 0 aliphatic carbocycles. The lowest BCUT2D eigenvalue weighted by Gasteiger charge is -2.35. The Morgan fingerprint density at radius 2 is 1.62 bits per heavy atom. The van der Waals surface area contributed by atoms with E-state index in [2.05, 4.69) is 0 Å². The molecule has 170 valence electrons. The van der Waals surface area contributed by atoms with Crippen LogP contribution >= 0.6 is 11.6 Å². The largest absolute Gasteiger partial charge is 0.339 e. The van der Waals surface area contributed by atoms with Crippen LogP contribution in [0.25, 0.3) is 0 Å². The maximum atomic E-state index is 13.1. The molecule has 1 unspecified atom stereocenters. The zero-order chi connectivity index (χ0) is 23.0. The van der Waals surface area contributed by atoms with Gasteiger partial charge in [-0.25, -0.2) is 8.42 Å². The number of carbonyl (C=O) groups excluding carboxylic acids is 2. The highest BCUT2D eigenvalue weighted by molar-refractivity contribution is 7.89. The molecule has 32 heavy (non-hydrogen) atoms. The monoisotopic (exact) mass is 475 g/mol. The molecule has 2 amide bonds. The molecule has 2 fully saturated rings. The maximum Gasteiger partial charge on any atom is 0.243 e. The predicted molar refractivity (Wildman–Crippen MR) is 123 cm³/mol. The fourth-order valence-electron chi connectivity index (χ4n) is 4.28. The highest BCUT2D eigenvalue weighted by Crippen LogP contribution is 2.28. The number of anilines is 1. The zero-order valence-corrected chi connectivity index (χ0v) is 19.7. The SMILES string of the molecule is Cc1ccc(C)c(S(=O)(=O)N2CCN(C(=O)C3CCN(c4ccc(Cl)cc4)C3=O)CC2)c1. The summed E-state index contributed by atoms with van der Waals surface area (Å²) in [6.45, 7) is 5.08. The quantitative estimate of drug-likeness (QED) is 0.637. The van der Waals surface area contributed by atoms with Crippen LogP contribution in [0.4, 0.5) is 5.69 Å². The van der Waals surface area contributed by atoms with Crippen molar-refractivity contribution in [1.82, 2.24) is 9.21 Å². The standard InChI is InChI=1S/C23H26ClN3O4S/c1-16-3-4-17(2)21(15-16)32(30,31)26-13-11-25(12-14-26)22(28)20-9-10-27(23(20)29)19-7-5-18(24)6-8-19/h3-8,15,20H,9-14H2,1-2H3. The van der Waals surface area contributed by atoms with Gasteiger partial charge in [-0.05, 0) is 61.7 Å². The van der Waals surface area contributed by atoms with E-state index in [1.807, 2.05) is 13.0 Å². The molecule has 1 atom stereocenters. The van der Waals surface area contributed by atoms with E-state index < -0.39 is 15.9 Å². The van der Waals surface area contributed by atoms with Gasteiger partial charge in [0.15, 0.2) is 0 Å². The van der Waals surface area contributed by atoms with Crippen molar-refractivity contribution in [2.24, 2.45) is 5.92 Å². The summed E-state index contributed by atoms with van der Waals surface area (Å²) >= 11 is 5.92. The molecule has 9 heteroatoms. The van der Waals surface area contributed by atoms with Gasteiger partial charge in [0.25, 0.3) is 0 Å². The van der Waals surface area contributed by atoms with Crippen LogP contribution in [0.5, 0.6) is 0 Å². The van der Waals surface area contributed by atoms with Crippen molar-refractivity contribution in [3.05, 3.63) is 58.6 Å². The normalized spacial score (nSPS) is 20.1. The Morgan fingerprint density at radius 3 is 2.28 bits per heavy atom. The van der Waals surface area contributed by atoms with E-state index in [1.165, 1.54) is 4.31 Å². The van der Waals surface area contributed by atoms with Crippen LogP contribution < -0.4 is 4.90 Å². The fourth-order valence-corrected chi connectivity index (χ4v) is 6.14. The minimum Gasteiger partial charge on any atom is -0.339 e. The molecule has 2 heterocycles. The van der Waals surface area contributed by atoms with Crippen molar-refractivity contribution in [2.45, 2.75) is 25.2 Å². The van der Waals surface area contributed by atoms with E-state index in [4.69, 9.17) is 11.6 Å². The minimum atomic E-state index is -3.63. The number of hydrogen-bond acceptors (Lipinski definition) is 4. The maximum absolute atomic E-state index is 13.1. The molecule has 4 rings (SSSR count). The van der Waals surface area contributed by atoms with E-state index in [-0.39, 0.29) is 38.0 Å². The molecule has 2 aromatic rings. The molecule has 2 aliphatic heterocycles. The third-order valence-electron chi connectivity index (χ3n) is 6.15. The first-order valence-electron chi connectivity index (χ1n) is 10.6. The van der Waals surface area contributed by atoms with Crippen LogP contribution in [0.1, 0.15) is 17.5 Å².